The summed E-state index contributed by atoms with van der Waals surface area (Å²) in [5, 5.41) is 3.73. The quantitative estimate of drug-likeness (QED) is 0.516. The first-order valence-corrected chi connectivity index (χ1v) is 10.7. The standard InChI is InChI=1S/C22H27FN6O5/c1-4-27(9-10-29(33-3)21(31)19-13-24-7-8-25-19)20-6-5-16(11-18(20)23)28-14-17(34-22(28)32)12-26-15(2)30/h5-8,11,13,17H,4,9-10,12,14H2,1-3H3,(H,26,30)/t17-/m0/s1. The summed E-state index contributed by atoms with van der Waals surface area (Å²) in [4.78, 5) is 51.9. The van der Waals surface area contributed by atoms with E-state index >= 15 is 4.39 Å². The summed E-state index contributed by atoms with van der Waals surface area (Å²) in [5.74, 6) is -1.21. The summed E-state index contributed by atoms with van der Waals surface area (Å²) in [7, 11) is 1.37. The number of cyclic esters (lactones) is 1. The van der Waals surface area contributed by atoms with Crippen LogP contribution in [-0.2, 0) is 14.4 Å². The fraction of sp³-hybridized carbons (Fsp3) is 0.409. The average Bonchev–Trinajstić information content (AvgIpc) is 3.21. The number of anilines is 2. The monoisotopic (exact) mass is 474 g/mol. The lowest BCUT2D eigenvalue weighted by Crippen LogP contribution is -2.38. The second kappa shape index (κ2) is 11.4. The smallest absolute Gasteiger partial charge is 0.414 e. The van der Waals surface area contributed by atoms with E-state index in [4.69, 9.17) is 9.57 Å². The molecular weight excluding hydrogens is 447 g/mol. The van der Waals surface area contributed by atoms with E-state index in [1.165, 1.54) is 43.6 Å². The van der Waals surface area contributed by atoms with Crippen molar-refractivity contribution in [3.63, 3.8) is 0 Å². The van der Waals surface area contributed by atoms with Crippen LogP contribution in [0.1, 0.15) is 24.3 Å². The molecule has 0 spiro atoms. The molecule has 1 aliphatic heterocycles. The minimum absolute atomic E-state index is 0.136. The number of hydrogen-bond acceptors (Lipinski definition) is 8. The number of likely N-dealkylation sites (N-methyl/N-ethyl adjacent to an activating group) is 1. The van der Waals surface area contributed by atoms with Crippen LogP contribution in [0.3, 0.4) is 0 Å². The molecule has 1 atom stereocenters. The largest absolute Gasteiger partial charge is 0.442 e. The molecule has 1 aromatic heterocycles. The van der Waals surface area contributed by atoms with Gasteiger partial charge in [-0.2, -0.15) is 0 Å². The second-order valence-electron chi connectivity index (χ2n) is 7.45. The lowest BCUT2D eigenvalue weighted by molar-refractivity contribution is -0.119. The first kappa shape index (κ1) is 24.8. The van der Waals surface area contributed by atoms with E-state index in [0.717, 1.165) is 5.06 Å². The zero-order valence-corrected chi connectivity index (χ0v) is 19.2. The first-order chi connectivity index (χ1) is 16.3. The third kappa shape index (κ3) is 5.95. The second-order valence-corrected chi connectivity index (χ2v) is 7.45. The van der Waals surface area contributed by atoms with Crippen molar-refractivity contribution in [2.75, 3.05) is 49.6 Å². The van der Waals surface area contributed by atoms with Crippen LogP contribution in [0.5, 0.6) is 0 Å². The SMILES string of the molecule is CCN(CCN(OC)C(=O)c1cnccn1)c1ccc(N2C[C@H](CNC(C)=O)OC2=O)cc1F. The Hall–Kier alpha value is -3.80. The Morgan fingerprint density at radius 3 is 2.74 bits per heavy atom. The van der Waals surface area contributed by atoms with Gasteiger partial charge in [0.1, 0.15) is 17.6 Å². The molecule has 1 aromatic carbocycles. The van der Waals surface area contributed by atoms with Gasteiger partial charge >= 0.3 is 6.09 Å². The van der Waals surface area contributed by atoms with E-state index in [1.807, 2.05) is 6.92 Å². The maximum Gasteiger partial charge on any atom is 0.414 e. The lowest BCUT2D eigenvalue weighted by atomic mass is 10.2. The highest BCUT2D eigenvalue weighted by atomic mass is 19.1. The van der Waals surface area contributed by atoms with Gasteiger partial charge in [0.05, 0.1) is 44.3 Å². The normalized spacial score (nSPS) is 15.1. The van der Waals surface area contributed by atoms with Crippen LogP contribution in [0.15, 0.2) is 36.8 Å². The van der Waals surface area contributed by atoms with Gasteiger partial charge in [0, 0.05) is 32.4 Å². The number of nitrogens with one attached hydrogen (secondary N) is 1. The van der Waals surface area contributed by atoms with Gasteiger partial charge in [-0.05, 0) is 25.1 Å². The summed E-state index contributed by atoms with van der Waals surface area (Å²) in [6, 6.07) is 4.46. The lowest BCUT2D eigenvalue weighted by Gasteiger charge is -2.27. The van der Waals surface area contributed by atoms with E-state index in [1.54, 1.807) is 17.0 Å². The summed E-state index contributed by atoms with van der Waals surface area (Å²) in [6.07, 6.45) is 3.10. The summed E-state index contributed by atoms with van der Waals surface area (Å²) in [5.41, 5.74) is 0.804. The predicted molar refractivity (Wildman–Crippen MR) is 121 cm³/mol. The molecule has 0 unspecified atom stereocenters. The van der Waals surface area contributed by atoms with Gasteiger partial charge in [-0.25, -0.2) is 19.2 Å². The van der Waals surface area contributed by atoms with E-state index < -0.39 is 23.9 Å². The Kier molecular flexibility index (Phi) is 8.30. The molecule has 3 rings (SSSR count). The van der Waals surface area contributed by atoms with Crippen LogP contribution >= 0.6 is 0 Å². The van der Waals surface area contributed by atoms with Crippen LogP contribution in [0.2, 0.25) is 0 Å². The zero-order chi connectivity index (χ0) is 24.7. The van der Waals surface area contributed by atoms with E-state index in [9.17, 15) is 14.4 Å². The minimum Gasteiger partial charge on any atom is -0.442 e. The molecular formula is C22H27FN6O5. The molecule has 2 aromatic rings. The van der Waals surface area contributed by atoms with Gasteiger partial charge in [0.15, 0.2) is 0 Å². The van der Waals surface area contributed by atoms with Gasteiger partial charge in [-0.15, -0.1) is 0 Å². The Bertz CT molecular complexity index is 1020. The Labute approximate surface area is 196 Å². The molecule has 182 valence electrons. The average molecular weight is 474 g/mol. The Balaban J connectivity index is 1.66. The fourth-order valence-electron chi connectivity index (χ4n) is 3.49. The molecule has 0 aliphatic carbocycles. The molecule has 0 saturated carbocycles. The number of ether oxygens (including phenoxy) is 1. The third-order valence-corrected chi connectivity index (χ3v) is 5.22. The van der Waals surface area contributed by atoms with Crippen LogP contribution in [-0.4, -0.2) is 78.9 Å². The zero-order valence-electron chi connectivity index (χ0n) is 19.2. The van der Waals surface area contributed by atoms with Gasteiger partial charge in [-0.3, -0.25) is 24.3 Å². The summed E-state index contributed by atoms with van der Waals surface area (Å²) < 4.78 is 20.3. The minimum atomic E-state index is -0.604. The van der Waals surface area contributed by atoms with E-state index in [2.05, 4.69) is 15.3 Å². The highest BCUT2D eigenvalue weighted by molar-refractivity contribution is 5.91. The van der Waals surface area contributed by atoms with Gasteiger partial charge in [-0.1, -0.05) is 0 Å². The summed E-state index contributed by atoms with van der Waals surface area (Å²) >= 11 is 0. The van der Waals surface area contributed by atoms with Crippen LogP contribution in [0.25, 0.3) is 0 Å². The molecule has 0 radical (unpaired) electrons. The highest BCUT2D eigenvalue weighted by Crippen LogP contribution is 2.28. The Morgan fingerprint density at radius 2 is 2.12 bits per heavy atom. The molecule has 0 bridgehead atoms. The van der Waals surface area contributed by atoms with Gasteiger partial charge in [0.2, 0.25) is 5.91 Å². The van der Waals surface area contributed by atoms with Crippen molar-refractivity contribution >= 4 is 29.3 Å². The van der Waals surface area contributed by atoms with E-state index in [0.29, 0.717) is 17.9 Å². The van der Waals surface area contributed by atoms with Crippen molar-refractivity contribution in [2.45, 2.75) is 20.0 Å². The molecule has 11 nitrogen and oxygen atoms in total. The van der Waals surface area contributed by atoms with Crippen molar-refractivity contribution in [3.8, 4) is 0 Å². The molecule has 3 amide bonds. The summed E-state index contributed by atoms with van der Waals surface area (Å²) in [6.45, 7) is 4.53. The third-order valence-electron chi connectivity index (χ3n) is 5.22. The van der Waals surface area contributed by atoms with Crippen LogP contribution in [0.4, 0.5) is 20.6 Å². The van der Waals surface area contributed by atoms with Crippen molar-refractivity contribution in [2.24, 2.45) is 0 Å². The number of halogens is 1. The van der Waals surface area contributed by atoms with Crippen molar-refractivity contribution in [1.82, 2.24) is 20.3 Å². The molecule has 1 aliphatic rings. The highest BCUT2D eigenvalue weighted by Gasteiger charge is 2.33. The number of benzene rings is 1. The number of aromatic nitrogens is 2. The van der Waals surface area contributed by atoms with Crippen molar-refractivity contribution < 1.29 is 28.3 Å². The number of amides is 3. The number of rotatable bonds is 10. The number of carbonyl (C=O) groups is 3. The molecule has 34 heavy (non-hydrogen) atoms. The predicted octanol–water partition coefficient (Wildman–Crippen LogP) is 1.61. The van der Waals surface area contributed by atoms with Crippen LogP contribution in [0, 0.1) is 5.82 Å². The maximum absolute atomic E-state index is 15.0. The Morgan fingerprint density at radius 1 is 1.32 bits per heavy atom. The van der Waals surface area contributed by atoms with Gasteiger partial charge < -0.3 is 15.0 Å². The number of hydrogen-bond donors (Lipinski definition) is 1. The molecule has 1 N–H and O–H groups in total. The van der Waals surface area contributed by atoms with Crippen LogP contribution < -0.4 is 15.1 Å². The molecule has 1 saturated heterocycles. The van der Waals surface area contributed by atoms with Gasteiger partial charge in [0.25, 0.3) is 5.91 Å². The maximum atomic E-state index is 15.0. The number of hydroxylamine groups is 2. The number of carbonyl (C=O) groups excluding carboxylic acids is 3. The molecule has 1 fully saturated rings. The number of nitrogens with zero attached hydrogens (tertiary/aromatic N) is 5. The molecule has 12 heteroatoms. The fourth-order valence-corrected chi connectivity index (χ4v) is 3.49. The van der Waals surface area contributed by atoms with E-state index in [-0.39, 0.29) is 37.8 Å². The van der Waals surface area contributed by atoms with Crippen molar-refractivity contribution in [1.29, 1.82) is 0 Å². The van der Waals surface area contributed by atoms with Crippen molar-refractivity contribution in [3.05, 3.63) is 48.3 Å². The first-order valence-electron chi connectivity index (χ1n) is 10.7. The topological polar surface area (TPSA) is 117 Å². The molecule has 2 heterocycles.